The van der Waals surface area contributed by atoms with Crippen LogP contribution in [0.3, 0.4) is 0 Å². The number of allylic oxidation sites excluding steroid dienone is 1. The molecule has 4 aromatic rings. The normalized spacial score (nSPS) is 12.9. The van der Waals surface area contributed by atoms with Crippen LogP contribution in [0.4, 0.5) is 0 Å². The van der Waals surface area contributed by atoms with Gasteiger partial charge in [-0.15, -0.1) is 0 Å². The van der Waals surface area contributed by atoms with E-state index in [1.165, 1.54) is 5.56 Å². The fourth-order valence-electron chi connectivity index (χ4n) is 3.89. The van der Waals surface area contributed by atoms with Crippen LogP contribution >= 0.6 is 23.2 Å². The summed E-state index contributed by atoms with van der Waals surface area (Å²) in [5.74, 6) is 1.47. The number of halogens is 2. The largest absolute Gasteiger partial charge is 0.454 e. The summed E-state index contributed by atoms with van der Waals surface area (Å²) in [6, 6.07) is 21.8. The molecule has 6 heteroatoms. The molecule has 0 saturated carbocycles. The second-order valence-electron chi connectivity index (χ2n) is 7.91. The zero-order valence-corrected chi connectivity index (χ0v) is 19.8. The van der Waals surface area contributed by atoms with E-state index in [4.69, 9.17) is 37.8 Å². The van der Waals surface area contributed by atoms with Crippen LogP contribution in [0.25, 0.3) is 28.6 Å². The number of rotatable bonds is 5. The Morgan fingerprint density at radius 3 is 2.67 bits per heavy atom. The minimum atomic E-state index is 0.231. The van der Waals surface area contributed by atoms with E-state index in [2.05, 4.69) is 32.1 Å². The summed E-state index contributed by atoms with van der Waals surface area (Å²) >= 11 is 12.8. The first kappa shape index (κ1) is 21.6. The van der Waals surface area contributed by atoms with Gasteiger partial charge in [0.25, 0.3) is 0 Å². The zero-order valence-electron chi connectivity index (χ0n) is 18.3. The zero-order chi connectivity index (χ0) is 22.9. The molecule has 2 heterocycles. The molecule has 0 atom stereocenters. The molecule has 0 unspecified atom stereocenters. The molecule has 0 bridgehead atoms. The first-order valence-electron chi connectivity index (χ1n) is 10.7. The summed E-state index contributed by atoms with van der Waals surface area (Å²) < 4.78 is 13.0. The molecule has 3 aromatic carbocycles. The maximum Gasteiger partial charge on any atom is 0.231 e. The fourth-order valence-corrected chi connectivity index (χ4v) is 4.28. The smallest absolute Gasteiger partial charge is 0.231 e. The van der Waals surface area contributed by atoms with E-state index in [0.717, 1.165) is 51.7 Å². The summed E-state index contributed by atoms with van der Waals surface area (Å²) in [4.78, 5) is 0. The molecule has 4 nitrogen and oxygen atoms in total. The van der Waals surface area contributed by atoms with Gasteiger partial charge in [-0.2, -0.15) is 5.10 Å². The number of hydrogen-bond acceptors (Lipinski definition) is 3. The van der Waals surface area contributed by atoms with Crippen molar-refractivity contribution in [3.05, 3.63) is 93.6 Å². The van der Waals surface area contributed by atoms with Crippen LogP contribution in [0, 0.1) is 0 Å². The SMILES string of the molecule is CCc1ccc(Cl)c(-n2nc(/C=C(\C)c3cccc(Cl)c3)cc2-c2ccc3c(c2)OCO3)c1. The highest BCUT2D eigenvalue weighted by atomic mass is 35.5. The van der Waals surface area contributed by atoms with Gasteiger partial charge in [-0.1, -0.05) is 48.3 Å². The predicted molar refractivity (Wildman–Crippen MR) is 135 cm³/mol. The Balaban J connectivity index is 1.66. The highest BCUT2D eigenvalue weighted by Gasteiger charge is 2.18. The quantitative estimate of drug-likeness (QED) is 0.296. The van der Waals surface area contributed by atoms with E-state index in [1.54, 1.807) is 0 Å². The molecule has 0 aliphatic carbocycles. The number of hydrogen-bond donors (Lipinski definition) is 0. The second-order valence-corrected chi connectivity index (χ2v) is 8.75. The Kier molecular flexibility index (Phi) is 5.88. The van der Waals surface area contributed by atoms with Crippen molar-refractivity contribution in [2.24, 2.45) is 0 Å². The van der Waals surface area contributed by atoms with E-state index in [0.29, 0.717) is 10.0 Å². The van der Waals surface area contributed by atoms with Gasteiger partial charge >= 0.3 is 0 Å². The summed E-state index contributed by atoms with van der Waals surface area (Å²) in [5, 5.41) is 6.27. The highest BCUT2D eigenvalue weighted by molar-refractivity contribution is 6.32. The molecular formula is C27H22Cl2N2O2. The second kappa shape index (κ2) is 8.97. The van der Waals surface area contributed by atoms with Crippen molar-refractivity contribution < 1.29 is 9.47 Å². The summed E-state index contributed by atoms with van der Waals surface area (Å²) in [6.07, 6.45) is 2.96. The average Bonchev–Trinajstić information content (AvgIpc) is 3.46. The van der Waals surface area contributed by atoms with Crippen molar-refractivity contribution in [2.45, 2.75) is 20.3 Å². The molecule has 166 valence electrons. The number of ether oxygens (including phenoxy) is 2. The Morgan fingerprint density at radius 2 is 1.85 bits per heavy atom. The third-order valence-electron chi connectivity index (χ3n) is 5.69. The molecule has 0 amide bonds. The lowest BCUT2D eigenvalue weighted by molar-refractivity contribution is 0.174. The van der Waals surface area contributed by atoms with Crippen LogP contribution < -0.4 is 9.47 Å². The standard InChI is InChI=1S/C27H22Cl2N2O2/c1-3-18-7-9-23(29)25(12-18)31-24(20-8-10-26-27(14-20)33-16-32-26)15-22(30-31)11-17(2)19-5-4-6-21(28)13-19/h4-15H,3,16H2,1-2H3/b17-11+. The van der Waals surface area contributed by atoms with E-state index >= 15 is 0 Å². The molecule has 5 rings (SSSR count). The molecule has 0 fully saturated rings. The lowest BCUT2D eigenvalue weighted by Crippen LogP contribution is -2.01. The third kappa shape index (κ3) is 4.37. The molecule has 0 spiro atoms. The van der Waals surface area contributed by atoms with Crippen LogP contribution in [-0.4, -0.2) is 16.6 Å². The third-order valence-corrected chi connectivity index (χ3v) is 6.24. The summed E-state index contributed by atoms with van der Waals surface area (Å²) in [7, 11) is 0. The molecule has 0 N–H and O–H groups in total. The fraction of sp³-hybridized carbons (Fsp3) is 0.148. The molecule has 1 aliphatic rings. The van der Waals surface area contributed by atoms with E-state index < -0.39 is 0 Å². The molecular weight excluding hydrogens is 455 g/mol. The Labute approximate surface area is 203 Å². The molecule has 0 radical (unpaired) electrons. The minimum Gasteiger partial charge on any atom is -0.454 e. The van der Waals surface area contributed by atoms with Gasteiger partial charge in [-0.05, 0) is 84.7 Å². The molecule has 1 aromatic heterocycles. The van der Waals surface area contributed by atoms with Crippen molar-refractivity contribution in [1.82, 2.24) is 9.78 Å². The molecule has 33 heavy (non-hydrogen) atoms. The van der Waals surface area contributed by atoms with Crippen molar-refractivity contribution in [1.29, 1.82) is 0 Å². The van der Waals surface area contributed by atoms with Crippen molar-refractivity contribution in [2.75, 3.05) is 6.79 Å². The van der Waals surface area contributed by atoms with Gasteiger partial charge in [0, 0.05) is 10.6 Å². The Bertz CT molecular complexity index is 1370. The van der Waals surface area contributed by atoms with Crippen LogP contribution in [0.2, 0.25) is 10.0 Å². The lowest BCUT2D eigenvalue weighted by atomic mass is 10.1. The van der Waals surface area contributed by atoms with E-state index in [-0.39, 0.29) is 6.79 Å². The first-order chi connectivity index (χ1) is 16.0. The lowest BCUT2D eigenvalue weighted by Gasteiger charge is -2.11. The Morgan fingerprint density at radius 1 is 1.00 bits per heavy atom. The Hall–Kier alpha value is -3.21. The van der Waals surface area contributed by atoms with Crippen molar-refractivity contribution >= 4 is 34.9 Å². The predicted octanol–water partition coefficient (Wildman–Crippen LogP) is 7.70. The average molecular weight is 477 g/mol. The van der Waals surface area contributed by atoms with Gasteiger partial charge in [0.2, 0.25) is 6.79 Å². The van der Waals surface area contributed by atoms with Gasteiger partial charge in [-0.25, -0.2) is 4.68 Å². The highest BCUT2D eigenvalue weighted by Crippen LogP contribution is 2.37. The van der Waals surface area contributed by atoms with Crippen LogP contribution in [-0.2, 0) is 6.42 Å². The van der Waals surface area contributed by atoms with E-state index in [9.17, 15) is 0 Å². The van der Waals surface area contributed by atoms with Gasteiger partial charge in [0.15, 0.2) is 11.5 Å². The van der Waals surface area contributed by atoms with Crippen LogP contribution in [0.15, 0.2) is 66.7 Å². The summed E-state index contributed by atoms with van der Waals surface area (Å²) in [5.41, 5.74) is 6.83. The number of aromatic nitrogens is 2. The van der Waals surface area contributed by atoms with Crippen molar-refractivity contribution in [3.63, 3.8) is 0 Å². The minimum absolute atomic E-state index is 0.231. The van der Waals surface area contributed by atoms with Gasteiger partial charge < -0.3 is 9.47 Å². The van der Waals surface area contributed by atoms with Gasteiger partial charge in [0.05, 0.1) is 22.1 Å². The maximum atomic E-state index is 6.63. The topological polar surface area (TPSA) is 36.3 Å². The van der Waals surface area contributed by atoms with Gasteiger partial charge in [0.1, 0.15) is 0 Å². The monoisotopic (exact) mass is 476 g/mol. The maximum absolute atomic E-state index is 6.63. The van der Waals surface area contributed by atoms with Crippen LogP contribution in [0.5, 0.6) is 11.5 Å². The van der Waals surface area contributed by atoms with Crippen molar-refractivity contribution in [3.8, 4) is 28.4 Å². The summed E-state index contributed by atoms with van der Waals surface area (Å²) in [6.45, 7) is 4.40. The van der Waals surface area contributed by atoms with Crippen LogP contribution in [0.1, 0.15) is 30.7 Å². The number of nitrogens with zero attached hydrogens (tertiary/aromatic N) is 2. The van der Waals surface area contributed by atoms with Gasteiger partial charge in [-0.3, -0.25) is 0 Å². The van der Waals surface area contributed by atoms with E-state index in [1.807, 2.05) is 59.3 Å². The number of fused-ring (bicyclic) bond motifs is 1. The molecule has 0 saturated heterocycles. The number of aryl methyl sites for hydroxylation is 1. The molecule has 1 aliphatic heterocycles. The number of benzene rings is 3. The first-order valence-corrected chi connectivity index (χ1v) is 11.5.